The molecule has 0 fully saturated rings. The zero-order valence-electron chi connectivity index (χ0n) is 24.2. The molecule has 6 aromatic carbocycles. The normalized spacial score (nSPS) is 12.9. The molecular weight excluding hydrogens is 532 g/mol. The van der Waals surface area contributed by atoms with E-state index < -0.39 is 0 Å². The highest BCUT2D eigenvalue weighted by molar-refractivity contribution is 6.61. The van der Waals surface area contributed by atoms with Crippen molar-refractivity contribution in [3.8, 4) is 44.5 Å². The number of hydrogen-bond acceptors (Lipinski definition) is 2. The van der Waals surface area contributed by atoms with E-state index in [-0.39, 0.29) is 11.4 Å². The Bertz CT molecular complexity index is 1940. The molecule has 2 N–H and O–H groups in total. The second-order valence-corrected chi connectivity index (χ2v) is 11.0. The molecule has 7 rings (SSSR count). The second kappa shape index (κ2) is 11.8. The predicted molar refractivity (Wildman–Crippen MR) is 186 cm³/mol. The SMILES string of the molecule is N=C1C=C(c2cc(-c3ccccc3)cc(-c3ccccc3)c2)C=C(c2cc(-c3ccccc3)cc(-c3ccccc3)c2)C1=N. The smallest absolute Gasteiger partial charge is 0.0867 e. The van der Waals surface area contributed by atoms with Gasteiger partial charge in [-0.2, -0.15) is 0 Å². The maximum absolute atomic E-state index is 9.01. The van der Waals surface area contributed by atoms with Crippen LogP contribution in [0.3, 0.4) is 0 Å². The molecule has 6 aromatic rings. The molecular formula is C42H30N2. The summed E-state index contributed by atoms with van der Waals surface area (Å²) < 4.78 is 0. The lowest BCUT2D eigenvalue weighted by molar-refractivity contribution is 1.48. The van der Waals surface area contributed by atoms with E-state index in [1.165, 1.54) is 0 Å². The zero-order valence-corrected chi connectivity index (χ0v) is 24.2. The van der Waals surface area contributed by atoms with Gasteiger partial charge in [0.2, 0.25) is 0 Å². The average Bonchev–Trinajstić information content (AvgIpc) is 3.10. The molecule has 0 saturated carbocycles. The van der Waals surface area contributed by atoms with E-state index in [1.807, 2.05) is 54.6 Å². The van der Waals surface area contributed by atoms with Gasteiger partial charge in [-0.1, -0.05) is 121 Å². The van der Waals surface area contributed by atoms with E-state index in [2.05, 4.69) is 115 Å². The molecule has 0 radical (unpaired) electrons. The van der Waals surface area contributed by atoms with Gasteiger partial charge < -0.3 is 0 Å². The minimum atomic E-state index is 0.204. The third-order valence-electron chi connectivity index (χ3n) is 8.08. The number of rotatable bonds is 6. The highest BCUT2D eigenvalue weighted by Gasteiger charge is 2.21. The standard InChI is InChI=1S/C42H30N2/c43-41-28-38(37-23-33(29-13-5-1-6-14-29)21-34(24-37)30-15-7-2-8-16-30)27-40(42(41)44)39-25-35(31-17-9-3-10-18-31)22-36(26-39)32-19-11-4-12-20-32/h1-28,43-44H. The van der Waals surface area contributed by atoms with Gasteiger partial charge in [-0.3, -0.25) is 10.8 Å². The van der Waals surface area contributed by atoms with Crippen molar-refractivity contribution in [2.75, 3.05) is 0 Å². The van der Waals surface area contributed by atoms with Crippen LogP contribution >= 0.6 is 0 Å². The molecule has 2 nitrogen and oxygen atoms in total. The van der Waals surface area contributed by atoms with Gasteiger partial charge in [-0.15, -0.1) is 0 Å². The average molecular weight is 563 g/mol. The predicted octanol–water partition coefficient (Wildman–Crippen LogP) is 10.9. The summed E-state index contributed by atoms with van der Waals surface area (Å²) in [5.41, 5.74) is 12.9. The highest BCUT2D eigenvalue weighted by atomic mass is 14.5. The Morgan fingerprint density at radius 2 is 0.614 bits per heavy atom. The Balaban J connectivity index is 1.40. The summed E-state index contributed by atoms with van der Waals surface area (Å²) in [6.07, 6.45) is 3.90. The zero-order chi connectivity index (χ0) is 29.9. The minimum absolute atomic E-state index is 0.204. The van der Waals surface area contributed by atoms with Crippen LogP contribution in [0, 0.1) is 10.8 Å². The highest BCUT2D eigenvalue weighted by Crippen LogP contribution is 2.37. The van der Waals surface area contributed by atoms with E-state index in [0.717, 1.165) is 66.8 Å². The summed E-state index contributed by atoms with van der Waals surface area (Å²) in [4.78, 5) is 0. The molecule has 0 spiro atoms. The van der Waals surface area contributed by atoms with Crippen molar-refractivity contribution >= 4 is 22.6 Å². The van der Waals surface area contributed by atoms with Crippen molar-refractivity contribution in [3.05, 3.63) is 181 Å². The quantitative estimate of drug-likeness (QED) is 0.190. The second-order valence-electron chi connectivity index (χ2n) is 11.0. The molecule has 1 aliphatic carbocycles. The molecule has 0 saturated heterocycles. The Morgan fingerprint density at radius 1 is 0.295 bits per heavy atom. The fraction of sp³-hybridized carbons (Fsp3) is 0. The van der Waals surface area contributed by atoms with Crippen LogP contribution in [-0.2, 0) is 0 Å². The molecule has 0 heterocycles. The lowest BCUT2D eigenvalue weighted by Gasteiger charge is -2.20. The summed E-state index contributed by atoms with van der Waals surface area (Å²) >= 11 is 0. The first kappa shape index (κ1) is 27.0. The van der Waals surface area contributed by atoms with E-state index in [1.54, 1.807) is 0 Å². The van der Waals surface area contributed by atoms with Crippen LogP contribution < -0.4 is 0 Å². The number of benzene rings is 6. The molecule has 1 aliphatic rings. The van der Waals surface area contributed by atoms with E-state index in [4.69, 9.17) is 10.8 Å². The Labute approximate surface area is 258 Å². The van der Waals surface area contributed by atoms with Crippen molar-refractivity contribution in [2.24, 2.45) is 0 Å². The van der Waals surface area contributed by atoms with Gasteiger partial charge in [0.05, 0.1) is 11.4 Å². The van der Waals surface area contributed by atoms with Crippen LogP contribution in [0.4, 0.5) is 0 Å². The van der Waals surface area contributed by atoms with E-state index in [0.29, 0.717) is 0 Å². The fourth-order valence-corrected chi connectivity index (χ4v) is 5.80. The first-order valence-corrected chi connectivity index (χ1v) is 14.8. The lowest BCUT2D eigenvalue weighted by atomic mass is 9.84. The minimum Gasteiger partial charge on any atom is -0.299 e. The molecule has 44 heavy (non-hydrogen) atoms. The van der Waals surface area contributed by atoms with E-state index in [9.17, 15) is 0 Å². The molecule has 0 unspecified atom stereocenters. The van der Waals surface area contributed by atoms with Crippen molar-refractivity contribution < 1.29 is 0 Å². The summed E-state index contributed by atoms with van der Waals surface area (Å²) in [6.45, 7) is 0. The summed E-state index contributed by atoms with van der Waals surface area (Å²) in [6, 6.07) is 54.6. The molecule has 0 aromatic heterocycles. The monoisotopic (exact) mass is 562 g/mol. The summed E-state index contributed by atoms with van der Waals surface area (Å²) in [7, 11) is 0. The first-order valence-electron chi connectivity index (χ1n) is 14.8. The number of allylic oxidation sites excluding steroid dienone is 4. The molecule has 0 amide bonds. The van der Waals surface area contributed by atoms with Gasteiger partial charge in [0.25, 0.3) is 0 Å². The van der Waals surface area contributed by atoms with E-state index >= 15 is 0 Å². The topological polar surface area (TPSA) is 47.7 Å². The largest absolute Gasteiger partial charge is 0.299 e. The van der Waals surface area contributed by atoms with Crippen molar-refractivity contribution in [1.29, 1.82) is 10.8 Å². The first-order chi connectivity index (χ1) is 21.6. The molecule has 208 valence electrons. The third kappa shape index (κ3) is 5.49. The van der Waals surface area contributed by atoms with Gasteiger partial charge in [-0.05, 0) is 110 Å². The Kier molecular flexibility index (Phi) is 7.24. The lowest BCUT2D eigenvalue weighted by Crippen LogP contribution is -2.16. The van der Waals surface area contributed by atoms with Crippen LogP contribution in [0.2, 0.25) is 0 Å². The van der Waals surface area contributed by atoms with Gasteiger partial charge in [0.15, 0.2) is 0 Å². The maximum Gasteiger partial charge on any atom is 0.0867 e. The Hall–Kier alpha value is -5.86. The van der Waals surface area contributed by atoms with Crippen molar-refractivity contribution in [1.82, 2.24) is 0 Å². The third-order valence-corrected chi connectivity index (χ3v) is 8.08. The van der Waals surface area contributed by atoms with Crippen LogP contribution in [0.15, 0.2) is 170 Å². The maximum atomic E-state index is 9.01. The molecule has 0 bridgehead atoms. The van der Waals surface area contributed by atoms with Crippen LogP contribution in [0.25, 0.3) is 55.7 Å². The van der Waals surface area contributed by atoms with Gasteiger partial charge in [0.1, 0.15) is 0 Å². The molecule has 0 atom stereocenters. The van der Waals surface area contributed by atoms with Crippen LogP contribution in [0.1, 0.15) is 11.1 Å². The molecule has 0 aliphatic heterocycles. The van der Waals surface area contributed by atoms with Gasteiger partial charge >= 0.3 is 0 Å². The van der Waals surface area contributed by atoms with Gasteiger partial charge in [-0.25, -0.2) is 0 Å². The fourth-order valence-electron chi connectivity index (χ4n) is 5.80. The van der Waals surface area contributed by atoms with Gasteiger partial charge in [0, 0.05) is 5.57 Å². The number of hydrogen-bond donors (Lipinski definition) is 2. The van der Waals surface area contributed by atoms with Crippen LogP contribution in [0.5, 0.6) is 0 Å². The number of nitrogens with one attached hydrogen (secondary N) is 2. The van der Waals surface area contributed by atoms with Crippen molar-refractivity contribution in [3.63, 3.8) is 0 Å². The Morgan fingerprint density at radius 3 is 0.977 bits per heavy atom. The summed E-state index contributed by atoms with van der Waals surface area (Å²) in [5.74, 6) is 0. The van der Waals surface area contributed by atoms with Crippen molar-refractivity contribution in [2.45, 2.75) is 0 Å². The molecule has 2 heteroatoms. The van der Waals surface area contributed by atoms with Crippen LogP contribution in [-0.4, -0.2) is 11.4 Å². The summed E-state index contributed by atoms with van der Waals surface area (Å²) in [5, 5.41) is 17.9.